The number of hydrogen-bond donors (Lipinski definition) is 8. The van der Waals surface area contributed by atoms with Crippen molar-refractivity contribution in [2.24, 2.45) is 0 Å². The van der Waals surface area contributed by atoms with Crippen LogP contribution in [0.15, 0.2) is 39.6 Å². The summed E-state index contributed by atoms with van der Waals surface area (Å²) < 4.78 is 121. The van der Waals surface area contributed by atoms with Crippen LogP contribution in [0.4, 0.5) is 11.8 Å². The van der Waals surface area contributed by atoms with E-state index in [-0.39, 0.29) is 65.5 Å². The van der Waals surface area contributed by atoms with E-state index in [2.05, 4.69) is 83.9 Å². The highest BCUT2D eigenvalue weighted by Gasteiger charge is 2.47. The maximum Gasteiger partial charge on any atom is 0.386 e. The molecule has 0 saturated carbocycles. The van der Waals surface area contributed by atoms with Gasteiger partial charge in [-0.25, -0.2) is 43.0 Å². The van der Waals surface area contributed by atoms with Gasteiger partial charge in [-0.1, -0.05) is 49.0 Å². The second-order valence-electron chi connectivity index (χ2n) is 15.7. The Morgan fingerprint density at radius 1 is 0.662 bits per heavy atom. The lowest BCUT2D eigenvalue weighted by atomic mass is 10.2. The number of thiol groups is 4. The first kappa shape index (κ1) is 54.3. The van der Waals surface area contributed by atoms with E-state index >= 15 is 0 Å². The van der Waals surface area contributed by atoms with Crippen molar-refractivity contribution < 1.29 is 68.7 Å². The van der Waals surface area contributed by atoms with Crippen LogP contribution in [-0.2, 0) is 68.7 Å². The Labute approximate surface area is 421 Å². The summed E-state index contributed by atoms with van der Waals surface area (Å²) in [5.74, 6) is -0.123. The molecule has 0 bridgehead atoms. The minimum absolute atomic E-state index is 0.0286. The third-order valence-corrected chi connectivity index (χ3v) is 17.8. The summed E-state index contributed by atoms with van der Waals surface area (Å²) in [5.41, 5.74) is 10.5. The number of aromatic amines is 2. The summed E-state index contributed by atoms with van der Waals surface area (Å²) >= 11 is 16.4. The van der Waals surface area contributed by atoms with Crippen LogP contribution in [0.2, 0.25) is 0 Å². The molecule has 13 atom stereocenters. The van der Waals surface area contributed by atoms with Crippen molar-refractivity contribution in [1.82, 2.24) is 48.6 Å². The first-order valence-corrected chi connectivity index (χ1v) is 31.7. The highest BCUT2D eigenvalue weighted by Crippen LogP contribution is 2.60. The van der Waals surface area contributed by atoms with Crippen LogP contribution in [0.5, 0.6) is 0 Å². The predicted molar refractivity (Wildman–Crippen MR) is 261 cm³/mol. The van der Waals surface area contributed by atoms with Gasteiger partial charge in [0, 0.05) is 38.1 Å². The molecule has 0 amide bonds. The molecule has 390 valence electrons. The molecule has 71 heavy (non-hydrogen) atoms. The van der Waals surface area contributed by atoms with Gasteiger partial charge in [0.15, 0.2) is 22.6 Å². The average Bonchev–Trinajstić information content (AvgIpc) is 4.13. The van der Waals surface area contributed by atoms with Gasteiger partial charge in [-0.2, -0.15) is 4.98 Å². The molecule has 8 heterocycles. The zero-order valence-electron chi connectivity index (χ0n) is 37.1. The first-order valence-electron chi connectivity index (χ1n) is 20.9. The van der Waals surface area contributed by atoms with Gasteiger partial charge in [-0.3, -0.25) is 60.4 Å². The minimum atomic E-state index is -4.49. The molecule has 3 fully saturated rings. The number of ether oxygens (including phenoxy) is 3. The topological polar surface area (TPSA) is 384 Å². The number of rotatable bonds is 21. The molecule has 0 radical (unpaired) electrons. The standard InChI is InChI=1S/C33H46N12O18P4S4/c1-4-54-65(50,69)61-16-5-22(43-8-15(2)30(46)42-33(43)48)58-20(16)10-56-66(51,70)62-17-6-23(44-13-38-25-27(34)36-12-37-28(25)44)59-21(17)11-57-67(52,71)63-18-7-24(60-19(18)9-55-64(49,68)53-3)45-14-39-26-29(45)40-32(35)41-31(26)47/h8,12-14,16-24H,4-7,9-11H2,1-3H3,(H,49,68)(H,50,69)(H,51,70)(H,52,71)(H2,34,36,37)(H,42,46,48)(H3,35,40,41,47)/t16?,17?,18?,19-,20-,21-,22-,23-,24-,64?,65?,66?,67?/m1/s1. The third kappa shape index (κ3) is 12.8. The van der Waals surface area contributed by atoms with Gasteiger partial charge in [0.05, 0.1) is 39.1 Å². The number of aryl methyl sites for hydroxylation is 1. The van der Waals surface area contributed by atoms with Crippen molar-refractivity contribution in [3.8, 4) is 0 Å². The van der Waals surface area contributed by atoms with Gasteiger partial charge in [0.2, 0.25) is 5.95 Å². The van der Waals surface area contributed by atoms with E-state index in [1.807, 2.05) is 0 Å². The third-order valence-electron chi connectivity index (χ3n) is 11.0. The Hall–Kier alpha value is -2.94. The molecule has 5 aromatic rings. The summed E-state index contributed by atoms with van der Waals surface area (Å²) in [6.45, 7) is -15.5. The molecule has 0 aliphatic carbocycles. The molecule has 3 aliphatic heterocycles. The van der Waals surface area contributed by atoms with E-state index < -0.39 is 119 Å². The van der Waals surface area contributed by atoms with Gasteiger partial charge in [-0.05, 0) is 13.8 Å². The molecule has 30 nitrogen and oxygen atoms in total. The molecule has 0 spiro atoms. The summed E-state index contributed by atoms with van der Waals surface area (Å²) in [7, 11) is 1.12. The fourth-order valence-electron chi connectivity index (χ4n) is 7.75. The number of nitrogens with two attached hydrogens (primary N) is 2. The summed E-state index contributed by atoms with van der Waals surface area (Å²) in [6, 6.07) is 0. The van der Waals surface area contributed by atoms with Crippen LogP contribution in [0.3, 0.4) is 0 Å². The lowest BCUT2D eigenvalue weighted by molar-refractivity contribution is -0.0494. The number of imidazole rings is 2. The Balaban J connectivity index is 1.000. The summed E-state index contributed by atoms with van der Waals surface area (Å²) in [6.07, 6.45) is -5.34. The highest BCUT2D eigenvalue weighted by molar-refractivity contribution is 8.45. The van der Waals surface area contributed by atoms with Gasteiger partial charge in [-0.15, -0.1) is 0 Å². The molecule has 38 heteroatoms. The molecule has 3 aliphatic rings. The second-order valence-corrected chi connectivity index (χ2v) is 27.4. The van der Waals surface area contributed by atoms with Crippen molar-refractivity contribution in [2.45, 2.75) is 88.4 Å². The Morgan fingerprint density at radius 3 is 1.66 bits per heavy atom. The normalized spacial score (nSPS) is 28.2. The lowest BCUT2D eigenvalue weighted by Crippen LogP contribution is -2.33. The first-order chi connectivity index (χ1) is 33.4. The molecule has 7 unspecified atom stereocenters. The van der Waals surface area contributed by atoms with Gasteiger partial charge >= 0.3 is 32.9 Å². The van der Waals surface area contributed by atoms with Crippen molar-refractivity contribution in [1.29, 1.82) is 0 Å². The smallest absolute Gasteiger partial charge is 0.382 e. The Morgan fingerprint density at radius 2 is 1.14 bits per heavy atom. The van der Waals surface area contributed by atoms with E-state index in [0.717, 1.165) is 11.7 Å². The summed E-state index contributed by atoms with van der Waals surface area (Å²) in [5, 5.41) is 0. The Bertz CT molecular complexity index is 3160. The number of nitrogens with zero attached hydrogens (tertiary/aromatic N) is 8. The number of nitrogens with one attached hydrogen (secondary N) is 2. The maximum absolute atomic E-state index is 14.2. The number of H-pyrrole nitrogens is 2. The average molecular weight is 1150 g/mol. The SMILES string of the molecule is CCOP(=O)(S)OC1C[C@H](n2cc(C)c(=O)[nH]c2=O)O[C@@H]1COP(=O)(S)OC1C[C@H](n2cnc3c(N)ncnc32)O[C@@H]1COP(=O)(S)OC1C[C@H](n2cnc3c(=O)[nH]c(N)nc32)O[C@@H]1COP(=O)(S)OC. The van der Waals surface area contributed by atoms with Gasteiger partial charge < -0.3 is 34.7 Å². The van der Waals surface area contributed by atoms with E-state index in [1.54, 1.807) is 6.92 Å². The second kappa shape index (κ2) is 21.7. The number of anilines is 2. The van der Waals surface area contributed by atoms with Gasteiger partial charge in [0.25, 0.3) is 11.1 Å². The molecule has 5 aromatic heterocycles. The van der Waals surface area contributed by atoms with Gasteiger partial charge in [0.1, 0.15) is 67.2 Å². The molecule has 6 N–H and O–H groups in total. The van der Waals surface area contributed by atoms with Crippen LogP contribution in [0, 0.1) is 6.92 Å². The molecule has 3 saturated heterocycles. The quantitative estimate of drug-likeness (QED) is 0.0381. The lowest BCUT2D eigenvalue weighted by Gasteiger charge is -2.26. The molecular formula is C33H46N12O18P4S4. The van der Waals surface area contributed by atoms with Crippen molar-refractivity contribution in [3.63, 3.8) is 0 Å². The fourth-order valence-corrected chi connectivity index (χ4v) is 13.1. The van der Waals surface area contributed by atoms with E-state index in [0.29, 0.717) is 0 Å². The summed E-state index contributed by atoms with van der Waals surface area (Å²) in [4.78, 5) is 62.7. The predicted octanol–water partition coefficient (Wildman–Crippen LogP) is 3.88. The monoisotopic (exact) mass is 1150 g/mol. The van der Waals surface area contributed by atoms with Crippen molar-refractivity contribution in [2.75, 3.05) is 45.0 Å². The maximum atomic E-state index is 14.2. The van der Waals surface area contributed by atoms with E-state index in [9.17, 15) is 32.6 Å². The minimum Gasteiger partial charge on any atom is -0.382 e. The van der Waals surface area contributed by atoms with Crippen LogP contribution < -0.4 is 28.3 Å². The molecule has 8 rings (SSSR count). The number of nitrogen functional groups attached to an aromatic ring is 2. The Kier molecular flexibility index (Phi) is 16.6. The van der Waals surface area contributed by atoms with Crippen LogP contribution in [-0.4, -0.2) is 119 Å². The van der Waals surface area contributed by atoms with E-state index in [4.69, 9.17) is 61.9 Å². The number of fused-ring (bicyclic) bond motifs is 2. The zero-order valence-corrected chi connectivity index (χ0v) is 44.3. The number of aromatic nitrogens is 10. The fraction of sp³-hybridized carbons (Fsp3) is 0.576. The highest BCUT2D eigenvalue weighted by atomic mass is 32.7. The van der Waals surface area contributed by atoms with Crippen molar-refractivity contribution in [3.05, 3.63) is 61.9 Å². The van der Waals surface area contributed by atoms with Crippen LogP contribution in [0.1, 0.15) is 50.4 Å². The molecular weight excluding hydrogens is 1100 g/mol. The largest absolute Gasteiger partial charge is 0.386 e. The van der Waals surface area contributed by atoms with Crippen molar-refractivity contribution >= 4 is 110 Å². The van der Waals surface area contributed by atoms with Crippen LogP contribution in [0.25, 0.3) is 22.3 Å². The number of hydrogen-bond acceptors (Lipinski definition) is 25. The zero-order chi connectivity index (χ0) is 51.2. The van der Waals surface area contributed by atoms with E-state index in [1.165, 1.54) is 41.2 Å². The molecule has 0 aromatic carbocycles. The van der Waals surface area contributed by atoms with Crippen LogP contribution >= 0.6 is 76.2 Å².